The molecule has 2 N–H and O–H groups in total. The van der Waals surface area contributed by atoms with E-state index < -0.39 is 0 Å². The van der Waals surface area contributed by atoms with E-state index >= 15 is 0 Å². The van der Waals surface area contributed by atoms with E-state index in [0.717, 1.165) is 35.8 Å². The molecule has 4 heteroatoms. The van der Waals surface area contributed by atoms with Crippen LogP contribution in [0.15, 0.2) is 42.5 Å². The second kappa shape index (κ2) is 6.08. The zero-order chi connectivity index (χ0) is 13.9. The molecule has 0 saturated heterocycles. The molecule has 20 heavy (non-hydrogen) atoms. The van der Waals surface area contributed by atoms with Gasteiger partial charge in [-0.05, 0) is 30.9 Å². The van der Waals surface area contributed by atoms with Gasteiger partial charge in [0.15, 0.2) is 5.75 Å². The van der Waals surface area contributed by atoms with Gasteiger partial charge in [0.2, 0.25) is 0 Å². The van der Waals surface area contributed by atoms with Crippen LogP contribution in [0.4, 0.5) is 0 Å². The Kier molecular flexibility index (Phi) is 4.20. The molecule has 1 atom stereocenters. The molecule has 0 bridgehead atoms. The summed E-state index contributed by atoms with van der Waals surface area (Å²) in [7, 11) is 0. The fraction of sp³-hybridized carbons (Fsp3) is 0.250. The number of benzene rings is 2. The molecule has 2 nitrogen and oxygen atoms in total. The second-order valence-corrected chi connectivity index (χ2v) is 6.31. The number of rotatable bonds is 4. The Morgan fingerprint density at radius 1 is 1.10 bits per heavy atom. The Labute approximate surface area is 128 Å². The third kappa shape index (κ3) is 2.53. The highest BCUT2D eigenvalue weighted by molar-refractivity contribution is 7.99. The van der Waals surface area contributed by atoms with E-state index in [9.17, 15) is 0 Å². The average molecular weight is 306 g/mol. The molecule has 2 aromatic rings. The van der Waals surface area contributed by atoms with Crippen molar-refractivity contribution in [3.63, 3.8) is 0 Å². The van der Waals surface area contributed by atoms with E-state index in [1.807, 2.05) is 42.1 Å². The normalized spacial score (nSPS) is 16.2. The average Bonchev–Trinajstić information content (AvgIpc) is 2.48. The number of thioether (sulfide) groups is 1. The maximum absolute atomic E-state index is 6.28. The highest BCUT2D eigenvalue weighted by atomic mass is 35.5. The number of hydrogen-bond acceptors (Lipinski definition) is 3. The Balaban J connectivity index is 2.01. The van der Waals surface area contributed by atoms with Gasteiger partial charge in [-0.25, -0.2) is 0 Å². The summed E-state index contributed by atoms with van der Waals surface area (Å²) >= 11 is 8.18. The molecule has 0 saturated carbocycles. The summed E-state index contributed by atoms with van der Waals surface area (Å²) in [6.07, 6.45) is 1.01. The van der Waals surface area contributed by atoms with Crippen molar-refractivity contribution in [3.8, 4) is 11.5 Å². The molecule has 3 rings (SSSR count). The van der Waals surface area contributed by atoms with Gasteiger partial charge in [-0.1, -0.05) is 41.9 Å². The monoisotopic (exact) mass is 305 g/mol. The fourth-order valence-corrected chi connectivity index (χ4v) is 3.90. The minimum absolute atomic E-state index is 0.264. The summed E-state index contributed by atoms with van der Waals surface area (Å²) in [6, 6.07) is 14.1. The lowest BCUT2D eigenvalue weighted by Gasteiger charge is -2.28. The van der Waals surface area contributed by atoms with E-state index in [-0.39, 0.29) is 5.25 Å². The maximum Gasteiger partial charge on any atom is 0.150 e. The maximum atomic E-state index is 6.28. The van der Waals surface area contributed by atoms with Crippen molar-refractivity contribution in [1.29, 1.82) is 0 Å². The zero-order valence-electron chi connectivity index (χ0n) is 11.0. The first-order valence-corrected chi connectivity index (χ1v) is 8.11. The van der Waals surface area contributed by atoms with E-state index in [0.29, 0.717) is 5.02 Å². The lowest BCUT2D eigenvalue weighted by atomic mass is 10.00. The quantitative estimate of drug-likeness (QED) is 0.837. The van der Waals surface area contributed by atoms with Crippen molar-refractivity contribution >= 4 is 23.4 Å². The molecule has 0 aromatic heterocycles. The fourth-order valence-electron chi connectivity index (χ4n) is 2.37. The van der Waals surface area contributed by atoms with Gasteiger partial charge in [-0.3, -0.25) is 0 Å². The van der Waals surface area contributed by atoms with Crippen LogP contribution in [0.1, 0.15) is 22.8 Å². The standard InChI is InChI=1S/C16H16ClNOS/c17-13-7-3-6-12-15(13)19-14-8-2-1-5-11(14)16(12)20-10-4-9-18/h1-3,5-8,16H,4,9-10,18H2. The summed E-state index contributed by atoms with van der Waals surface area (Å²) in [4.78, 5) is 0. The topological polar surface area (TPSA) is 35.2 Å². The minimum atomic E-state index is 0.264. The van der Waals surface area contributed by atoms with Gasteiger partial charge in [0.1, 0.15) is 5.75 Å². The van der Waals surface area contributed by atoms with Crippen molar-refractivity contribution < 1.29 is 4.74 Å². The Bertz CT molecular complexity index is 617. The largest absolute Gasteiger partial charge is 0.455 e. The molecule has 0 radical (unpaired) electrons. The van der Waals surface area contributed by atoms with Crippen LogP contribution in [-0.2, 0) is 0 Å². The highest BCUT2D eigenvalue weighted by Crippen LogP contribution is 2.51. The summed E-state index contributed by atoms with van der Waals surface area (Å²) in [5.74, 6) is 2.72. The van der Waals surface area contributed by atoms with Crippen LogP contribution in [0.3, 0.4) is 0 Å². The van der Waals surface area contributed by atoms with Crippen molar-refractivity contribution in [3.05, 3.63) is 58.6 Å². The summed E-state index contributed by atoms with van der Waals surface area (Å²) in [5, 5.41) is 0.932. The van der Waals surface area contributed by atoms with Crippen LogP contribution >= 0.6 is 23.4 Å². The van der Waals surface area contributed by atoms with Crippen molar-refractivity contribution in [2.45, 2.75) is 11.7 Å². The van der Waals surface area contributed by atoms with Crippen LogP contribution < -0.4 is 10.5 Å². The van der Waals surface area contributed by atoms with Crippen LogP contribution in [0.2, 0.25) is 5.02 Å². The third-order valence-corrected chi connectivity index (χ3v) is 4.99. The van der Waals surface area contributed by atoms with Gasteiger partial charge in [0, 0.05) is 11.1 Å². The molecule has 0 amide bonds. The van der Waals surface area contributed by atoms with Crippen LogP contribution in [0.25, 0.3) is 0 Å². The third-order valence-electron chi connectivity index (χ3n) is 3.33. The van der Waals surface area contributed by atoms with Crippen LogP contribution in [-0.4, -0.2) is 12.3 Å². The van der Waals surface area contributed by atoms with Crippen molar-refractivity contribution in [2.75, 3.05) is 12.3 Å². The molecule has 1 aliphatic heterocycles. The molecule has 0 fully saturated rings. The van der Waals surface area contributed by atoms with Gasteiger partial charge in [0.05, 0.1) is 10.3 Å². The molecular formula is C16H16ClNOS. The Morgan fingerprint density at radius 2 is 1.90 bits per heavy atom. The summed E-state index contributed by atoms with van der Waals surface area (Å²) in [5.41, 5.74) is 7.96. The number of halogens is 1. The Hall–Kier alpha value is -1.16. The lowest BCUT2D eigenvalue weighted by Crippen LogP contribution is -2.09. The molecule has 2 aromatic carbocycles. The first-order chi connectivity index (χ1) is 9.81. The zero-order valence-corrected chi connectivity index (χ0v) is 12.6. The molecule has 1 heterocycles. The smallest absolute Gasteiger partial charge is 0.150 e. The van der Waals surface area contributed by atoms with Gasteiger partial charge >= 0.3 is 0 Å². The second-order valence-electron chi connectivity index (χ2n) is 4.69. The van der Waals surface area contributed by atoms with Gasteiger partial charge in [0.25, 0.3) is 0 Å². The molecule has 0 aliphatic carbocycles. The van der Waals surface area contributed by atoms with Gasteiger partial charge in [-0.2, -0.15) is 0 Å². The number of nitrogens with two attached hydrogens (primary N) is 1. The van der Waals surface area contributed by atoms with Gasteiger partial charge < -0.3 is 10.5 Å². The van der Waals surface area contributed by atoms with E-state index in [1.165, 1.54) is 5.56 Å². The predicted octanol–water partition coefficient (Wildman–Crippen LogP) is 4.62. The van der Waals surface area contributed by atoms with Crippen LogP contribution in [0.5, 0.6) is 11.5 Å². The van der Waals surface area contributed by atoms with Crippen molar-refractivity contribution in [2.24, 2.45) is 5.73 Å². The summed E-state index contributed by atoms with van der Waals surface area (Å²) in [6.45, 7) is 0.722. The molecule has 1 aliphatic rings. The van der Waals surface area contributed by atoms with Crippen LogP contribution in [0, 0.1) is 0 Å². The van der Waals surface area contributed by atoms with E-state index in [2.05, 4.69) is 12.1 Å². The molecule has 0 spiro atoms. The van der Waals surface area contributed by atoms with Gasteiger partial charge in [-0.15, -0.1) is 11.8 Å². The predicted molar refractivity (Wildman–Crippen MR) is 85.9 cm³/mol. The first-order valence-electron chi connectivity index (χ1n) is 6.68. The minimum Gasteiger partial charge on any atom is -0.455 e. The van der Waals surface area contributed by atoms with Crippen molar-refractivity contribution in [1.82, 2.24) is 0 Å². The number of para-hydroxylation sites is 2. The van der Waals surface area contributed by atoms with E-state index in [4.69, 9.17) is 22.1 Å². The SMILES string of the molecule is NCCCSC1c2ccccc2Oc2c(Cl)cccc21. The molecular weight excluding hydrogens is 290 g/mol. The summed E-state index contributed by atoms with van der Waals surface area (Å²) < 4.78 is 5.97. The number of hydrogen-bond donors (Lipinski definition) is 1. The Morgan fingerprint density at radius 3 is 2.75 bits per heavy atom. The lowest BCUT2D eigenvalue weighted by molar-refractivity contribution is 0.459. The number of fused-ring (bicyclic) bond motifs is 2. The number of ether oxygens (including phenoxy) is 1. The first kappa shape index (κ1) is 13.8. The van der Waals surface area contributed by atoms with E-state index in [1.54, 1.807) is 0 Å². The molecule has 104 valence electrons. The highest BCUT2D eigenvalue weighted by Gasteiger charge is 2.28. The molecule has 1 unspecified atom stereocenters.